The molecule has 24 heavy (non-hydrogen) atoms. The number of esters is 1. The third-order valence-corrected chi connectivity index (χ3v) is 3.75. The first kappa shape index (κ1) is 17.5. The maximum Gasteiger partial charge on any atom is 0.328 e. The van der Waals surface area contributed by atoms with Crippen LogP contribution in [0.3, 0.4) is 0 Å². The minimum absolute atomic E-state index is 0.0784. The molecule has 0 aliphatic rings. The van der Waals surface area contributed by atoms with Gasteiger partial charge in [0.2, 0.25) is 5.43 Å². The van der Waals surface area contributed by atoms with E-state index in [0.29, 0.717) is 16.7 Å². The molecule has 0 bridgehead atoms. The van der Waals surface area contributed by atoms with Gasteiger partial charge in [-0.3, -0.25) is 9.59 Å². The molecule has 1 aromatic carbocycles. The molecule has 128 valence electrons. The topological polar surface area (TPSA) is 97.5 Å². The predicted octanol–water partition coefficient (Wildman–Crippen LogP) is 1.46. The van der Waals surface area contributed by atoms with Gasteiger partial charge in [-0.05, 0) is 18.1 Å². The van der Waals surface area contributed by atoms with E-state index in [1.165, 1.54) is 20.4 Å². The molecule has 0 saturated heterocycles. The Kier molecular flexibility index (Phi) is 5.23. The summed E-state index contributed by atoms with van der Waals surface area (Å²) in [6, 6.07) is 4.16. The van der Waals surface area contributed by atoms with E-state index in [-0.39, 0.29) is 11.5 Å². The quantitative estimate of drug-likeness (QED) is 0.808. The van der Waals surface area contributed by atoms with Crippen molar-refractivity contribution in [3.05, 3.63) is 40.2 Å². The molecule has 1 heterocycles. The zero-order chi connectivity index (χ0) is 17.9. The molecule has 2 rings (SSSR count). The smallest absolute Gasteiger partial charge is 0.328 e. The first-order valence-electron chi connectivity index (χ1n) is 7.47. The van der Waals surface area contributed by atoms with Crippen LogP contribution in [0.25, 0.3) is 10.9 Å². The molecule has 2 N–H and O–H groups in total. The highest BCUT2D eigenvalue weighted by Gasteiger charge is 2.26. The predicted molar refractivity (Wildman–Crippen MR) is 89.2 cm³/mol. The van der Waals surface area contributed by atoms with Gasteiger partial charge < -0.3 is 19.8 Å². The summed E-state index contributed by atoms with van der Waals surface area (Å²) in [6.07, 6.45) is 1.32. The molecule has 1 unspecified atom stereocenters. The Morgan fingerprint density at radius 1 is 1.21 bits per heavy atom. The van der Waals surface area contributed by atoms with Crippen LogP contribution in [0.4, 0.5) is 0 Å². The van der Waals surface area contributed by atoms with Gasteiger partial charge in [0, 0.05) is 6.20 Å². The number of ether oxygens (including phenoxy) is 2. The van der Waals surface area contributed by atoms with Gasteiger partial charge in [0.25, 0.3) is 5.91 Å². The van der Waals surface area contributed by atoms with Gasteiger partial charge in [0.05, 0.1) is 25.1 Å². The van der Waals surface area contributed by atoms with Gasteiger partial charge in [0.1, 0.15) is 17.4 Å². The fourth-order valence-electron chi connectivity index (χ4n) is 2.41. The number of H-pyrrole nitrogens is 1. The lowest BCUT2D eigenvalue weighted by Gasteiger charge is -2.19. The number of amides is 1. The second-order valence-electron chi connectivity index (χ2n) is 5.63. The number of aromatic nitrogens is 1. The first-order valence-corrected chi connectivity index (χ1v) is 7.47. The molecule has 0 saturated carbocycles. The van der Waals surface area contributed by atoms with Crippen LogP contribution in [-0.4, -0.2) is 37.1 Å². The van der Waals surface area contributed by atoms with Crippen molar-refractivity contribution in [3.63, 3.8) is 0 Å². The number of pyridine rings is 1. The van der Waals surface area contributed by atoms with Crippen molar-refractivity contribution in [2.24, 2.45) is 5.92 Å². The van der Waals surface area contributed by atoms with Gasteiger partial charge in [-0.1, -0.05) is 19.9 Å². The van der Waals surface area contributed by atoms with E-state index < -0.39 is 23.3 Å². The molecule has 0 radical (unpaired) electrons. The van der Waals surface area contributed by atoms with E-state index >= 15 is 0 Å². The molecule has 1 amide bonds. The SMILES string of the molecule is COC(=O)C(NC(=O)c1c[nH]c2c(OC)cccc2c1=O)C(C)C. The van der Waals surface area contributed by atoms with Crippen molar-refractivity contribution in [2.45, 2.75) is 19.9 Å². The molecule has 0 aliphatic heterocycles. The largest absolute Gasteiger partial charge is 0.495 e. The maximum absolute atomic E-state index is 12.6. The highest BCUT2D eigenvalue weighted by atomic mass is 16.5. The van der Waals surface area contributed by atoms with Crippen molar-refractivity contribution in [1.29, 1.82) is 0 Å². The van der Waals surface area contributed by atoms with E-state index in [2.05, 4.69) is 15.0 Å². The summed E-state index contributed by atoms with van der Waals surface area (Å²) in [5.74, 6) is -0.866. The number of benzene rings is 1. The molecular formula is C17H20N2O5. The Labute approximate surface area is 139 Å². The van der Waals surface area contributed by atoms with E-state index in [0.717, 1.165) is 0 Å². The van der Waals surface area contributed by atoms with Crippen molar-refractivity contribution >= 4 is 22.8 Å². The zero-order valence-corrected chi connectivity index (χ0v) is 14.0. The Morgan fingerprint density at radius 3 is 2.50 bits per heavy atom. The van der Waals surface area contributed by atoms with Crippen LogP contribution in [0.15, 0.2) is 29.2 Å². The summed E-state index contributed by atoms with van der Waals surface area (Å²) in [6.45, 7) is 3.55. The van der Waals surface area contributed by atoms with Crippen LogP contribution in [0.5, 0.6) is 5.75 Å². The van der Waals surface area contributed by atoms with Crippen LogP contribution < -0.4 is 15.5 Å². The molecule has 0 aliphatic carbocycles. The standard InChI is InChI=1S/C17H20N2O5/c1-9(2)13(17(22)24-4)19-16(21)11-8-18-14-10(15(11)20)6-5-7-12(14)23-3/h5-9,13H,1-4H3,(H,18,20)(H,19,21). The Balaban J connectivity index is 2.42. The Morgan fingerprint density at radius 2 is 1.92 bits per heavy atom. The fraction of sp³-hybridized carbons (Fsp3) is 0.353. The van der Waals surface area contributed by atoms with Gasteiger partial charge >= 0.3 is 5.97 Å². The van der Waals surface area contributed by atoms with Crippen molar-refractivity contribution in [3.8, 4) is 5.75 Å². The molecule has 2 aromatic rings. The van der Waals surface area contributed by atoms with E-state index in [9.17, 15) is 14.4 Å². The van der Waals surface area contributed by atoms with Crippen LogP contribution in [0, 0.1) is 5.92 Å². The minimum Gasteiger partial charge on any atom is -0.495 e. The Hall–Kier alpha value is -2.83. The second kappa shape index (κ2) is 7.16. The lowest BCUT2D eigenvalue weighted by molar-refractivity contribution is -0.144. The average Bonchev–Trinajstić information content (AvgIpc) is 2.58. The number of rotatable bonds is 5. The lowest BCUT2D eigenvalue weighted by Crippen LogP contribution is -2.46. The van der Waals surface area contributed by atoms with E-state index in [4.69, 9.17) is 4.74 Å². The summed E-state index contributed by atoms with van der Waals surface area (Å²) in [5, 5.41) is 2.89. The van der Waals surface area contributed by atoms with Gasteiger partial charge in [-0.2, -0.15) is 0 Å². The van der Waals surface area contributed by atoms with Crippen molar-refractivity contribution in [1.82, 2.24) is 10.3 Å². The number of carbonyl (C=O) groups is 2. The zero-order valence-electron chi connectivity index (χ0n) is 14.0. The number of nitrogens with one attached hydrogen (secondary N) is 2. The number of hydrogen-bond acceptors (Lipinski definition) is 5. The second-order valence-corrected chi connectivity index (χ2v) is 5.63. The van der Waals surface area contributed by atoms with Crippen LogP contribution in [-0.2, 0) is 9.53 Å². The van der Waals surface area contributed by atoms with Gasteiger partial charge in [-0.25, -0.2) is 4.79 Å². The molecule has 0 fully saturated rings. The highest BCUT2D eigenvalue weighted by Crippen LogP contribution is 2.20. The normalized spacial score (nSPS) is 12.0. The van der Waals surface area contributed by atoms with Crippen molar-refractivity contribution < 1.29 is 19.1 Å². The number of aromatic amines is 1. The summed E-state index contributed by atoms with van der Waals surface area (Å²) in [5.41, 5.74) is -0.00671. The van der Waals surface area contributed by atoms with Gasteiger partial charge in [-0.15, -0.1) is 0 Å². The van der Waals surface area contributed by atoms with E-state index in [1.807, 2.05) is 0 Å². The number of carbonyl (C=O) groups excluding carboxylic acids is 2. The lowest BCUT2D eigenvalue weighted by atomic mass is 10.0. The van der Waals surface area contributed by atoms with Crippen LogP contribution in [0.2, 0.25) is 0 Å². The molecule has 7 heteroatoms. The number of hydrogen-bond donors (Lipinski definition) is 2. The fourth-order valence-corrected chi connectivity index (χ4v) is 2.41. The van der Waals surface area contributed by atoms with Crippen molar-refractivity contribution in [2.75, 3.05) is 14.2 Å². The first-order chi connectivity index (χ1) is 11.4. The maximum atomic E-state index is 12.6. The van der Waals surface area contributed by atoms with Crippen LogP contribution >= 0.6 is 0 Å². The van der Waals surface area contributed by atoms with E-state index in [1.54, 1.807) is 32.0 Å². The highest BCUT2D eigenvalue weighted by molar-refractivity contribution is 5.99. The monoisotopic (exact) mass is 332 g/mol. The molecule has 1 atom stereocenters. The summed E-state index contributed by atoms with van der Waals surface area (Å²) < 4.78 is 9.88. The number of fused-ring (bicyclic) bond motifs is 1. The number of para-hydroxylation sites is 1. The van der Waals surface area contributed by atoms with Crippen LogP contribution in [0.1, 0.15) is 24.2 Å². The molecule has 0 spiro atoms. The Bertz CT molecular complexity index is 825. The molecule has 7 nitrogen and oxygen atoms in total. The molecular weight excluding hydrogens is 312 g/mol. The number of methoxy groups -OCH3 is 2. The third-order valence-electron chi connectivity index (χ3n) is 3.75. The summed E-state index contributed by atoms with van der Waals surface area (Å²) in [4.78, 5) is 39.7. The molecule has 1 aromatic heterocycles. The third kappa shape index (κ3) is 3.24. The van der Waals surface area contributed by atoms with Gasteiger partial charge in [0.15, 0.2) is 0 Å². The average molecular weight is 332 g/mol. The summed E-state index contributed by atoms with van der Waals surface area (Å²) in [7, 11) is 2.75. The summed E-state index contributed by atoms with van der Waals surface area (Å²) >= 11 is 0. The minimum atomic E-state index is -0.831.